The van der Waals surface area contributed by atoms with Crippen molar-refractivity contribution in [3.63, 3.8) is 0 Å². The van der Waals surface area contributed by atoms with Crippen molar-refractivity contribution >= 4 is 6.29 Å². The SMILES string of the molecule is C=CCC(=C)/C(C)=C/C=O. The Kier molecular flexibility index (Phi) is 4.21. The van der Waals surface area contributed by atoms with Gasteiger partial charge in [0.15, 0.2) is 0 Å². The van der Waals surface area contributed by atoms with Crippen LogP contribution in [-0.2, 0) is 4.79 Å². The Morgan fingerprint density at radius 2 is 2.20 bits per heavy atom. The van der Waals surface area contributed by atoms with Crippen LogP contribution in [0.4, 0.5) is 0 Å². The molecule has 0 aromatic heterocycles. The topological polar surface area (TPSA) is 17.1 Å². The summed E-state index contributed by atoms with van der Waals surface area (Å²) in [6.45, 7) is 9.19. The third-order valence-electron chi connectivity index (χ3n) is 1.27. The molecule has 0 aromatic rings. The maximum Gasteiger partial charge on any atom is 0.143 e. The van der Waals surface area contributed by atoms with Crippen molar-refractivity contribution in [2.24, 2.45) is 0 Å². The van der Waals surface area contributed by atoms with Gasteiger partial charge in [0.1, 0.15) is 6.29 Å². The average molecular weight is 136 g/mol. The van der Waals surface area contributed by atoms with Gasteiger partial charge >= 0.3 is 0 Å². The summed E-state index contributed by atoms with van der Waals surface area (Å²) in [5.74, 6) is 0. The average Bonchev–Trinajstić information content (AvgIpc) is 1.89. The van der Waals surface area contributed by atoms with Crippen molar-refractivity contribution in [1.82, 2.24) is 0 Å². The van der Waals surface area contributed by atoms with Gasteiger partial charge in [0.05, 0.1) is 0 Å². The van der Waals surface area contributed by atoms with Crippen molar-refractivity contribution < 1.29 is 4.79 Å². The lowest BCUT2D eigenvalue weighted by Crippen LogP contribution is -1.81. The number of rotatable bonds is 4. The molecular formula is C9H12O. The van der Waals surface area contributed by atoms with E-state index in [1.165, 1.54) is 6.08 Å². The molecule has 0 aromatic carbocycles. The lowest BCUT2D eigenvalue weighted by atomic mass is 10.1. The van der Waals surface area contributed by atoms with Crippen LogP contribution in [-0.4, -0.2) is 6.29 Å². The summed E-state index contributed by atoms with van der Waals surface area (Å²) in [5, 5.41) is 0. The Hall–Kier alpha value is -1.11. The van der Waals surface area contributed by atoms with E-state index in [-0.39, 0.29) is 0 Å². The van der Waals surface area contributed by atoms with E-state index in [4.69, 9.17) is 0 Å². The van der Waals surface area contributed by atoms with E-state index < -0.39 is 0 Å². The Morgan fingerprint density at radius 3 is 2.60 bits per heavy atom. The largest absolute Gasteiger partial charge is 0.299 e. The first-order valence-electron chi connectivity index (χ1n) is 3.13. The molecule has 10 heavy (non-hydrogen) atoms. The van der Waals surface area contributed by atoms with E-state index >= 15 is 0 Å². The molecule has 0 radical (unpaired) electrons. The third kappa shape index (κ3) is 3.02. The normalized spacial score (nSPS) is 10.7. The summed E-state index contributed by atoms with van der Waals surface area (Å²) in [5.41, 5.74) is 1.87. The second-order valence-corrected chi connectivity index (χ2v) is 2.08. The second-order valence-electron chi connectivity index (χ2n) is 2.08. The van der Waals surface area contributed by atoms with Gasteiger partial charge in [-0.15, -0.1) is 6.58 Å². The lowest BCUT2D eigenvalue weighted by molar-refractivity contribution is -0.104. The van der Waals surface area contributed by atoms with Gasteiger partial charge in [0.25, 0.3) is 0 Å². The van der Waals surface area contributed by atoms with Crippen LogP contribution < -0.4 is 0 Å². The predicted octanol–water partition coefficient (Wildman–Crippen LogP) is 2.26. The molecule has 0 unspecified atom stereocenters. The van der Waals surface area contributed by atoms with Crippen molar-refractivity contribution in [1.29, 1.82) is 0 Å². The highest BCUT2D eigenvalue weighted by molar-refractivity contribution is 5.67. The molecule has 0 aliphatic carbocycles. The van der Waals surface area contributed by atoms with Crippen LogP contribution in [0, 0.1) is 0 Å². The Morgan fingerprint density at radius 1 is 1.60 bits per heavy atom. The van der Waals surface area contributed by atoms with E-state index in [1.54, 1.807) is 6.08 Å². The van der Waals surface area contributed by atoms with Gasteiger partial charge < -0.3 is 0 Å². The maximum atomic E-state index is 9.98. The molecule has 0 heterocycles. The van der Waals surface area contributed by atoms with Gasteiger partial charge in [-0.1, -0.05) is 12.7 Å². The minimum absolute atomic E-state index is 0.746. The zero-order chi connectivity index (χ0) is 7.98. The van der Waals surface area contributed by atoms with E-state index in [1.807, 2.05) is 6.92 Å². The molecule has 0 saturated heterocycles. The Bertz CT molecular complexity index is 175. The fourth-order valence-electron chi connectivity index (χ4n) is 0.555. The van der Waals surface area contributed by atoms with Crippen molar-refractivity contribution in [2.75, 3.05) is 0 Å². The molecule has 54 valence electrons. The van der Waals surface area contributed by atoms with Gasteiger partial charge in [-0.3, -0.25) is 4.79 Å². The molecule has 0 saturated carbocycles. The number of aldehydes is 1. The lowest BCUT2D eigenvalue weighted by Gasteiger charge is -1.98. The fourth-order valence-corrected chi connectivity index (χ4v) is 0.555. The van der Waals surface area contributed by atoms with Crippen LogP contribution >= 0.6 is 0 Å². The number of hydrogen-bond donors (Lipinski definition) is 0. The predicted molar refractivity (Wildman–Crippen MR) is 43.8 cm³/mol. The van der Waals surface area contributed by atoms with Crippen LogP contribution in [0.3, 0.4) is 0 Å². The molecule has 1 nitrogen and oxygen atoms in total. The quantitative estimate of drug-likeness (QED) is 0.251. The Labute approximate surface area is 61.8 Å². The molecule has 0 spiro atoms. The minimum Gasteiger partial charge on any atom is -0.299 e. The monoisotopic (exact) mass is 136 g/mol. The first-order chi connectivity index (χ1) is 4.72. The van der Waals surface area contributed by atoms with Gasteiger partial charge in [-0.2, -0.15) is 0 Å². The summed E-state index contributed by atoms with van der Waals surface area (Å²) >= 11 is 0. The molecular weight excluding hydrogens is 124 g/mol. The summed E-state index contributed by atoms with van der Waals surface area (Å²) in [6.07, 6.45) is 4.79. The van der Waals surface area contributed by atoms with Crippen molar-refractivity contribution in [3.05, 3.63) is 36.5 Å². The third-order valence-corrected chi connectivity index (χ3v) is 1.27. The number of carbonyl (C=O) groups is 1. The van der Waals surface area contributed by atoms with E-state index in [9.17, 15) is 4.79 Å². The smallest absolute Gasteiger partial charge is 0.143 e. The summed E-state index contributed by atoms with van der Waals surface area (Å²) in [4.78, 5) is 9.98. The van der Waals surface area contributed by atoms with E-state index in [0.717, 1.165) is 23.9 Å². The molecule has 0 fully saturated rings. The molecule has 0 aliphatic rings. The van der Waals surface area contributed by atoms with Gasteiger partial charge in [-0.05, 0) is 30.6 Å². The van der Waals surface area contributed by atoms with Crippen molar-refractivity contribution in [3.8, 4) is 0 Å². The van der Waals surface area contributed by atoms with Crippen LogP contribution in [0.25, 0.3) is 0 Å². The molecule has 1 heteroatoms. The summed E-state index contributed by atoms with van der Waals surface area (Å²) < 4.78 is 0. The fraction of sp³-hybridized carbons (Fsp3) is 0.222. The first-order valence-corrected chi connectivity index (χ1v) is 3.13. The summed E-state index contributed by atoms with van der Waals surface area (Å²) in [6, 6.07) is 0. The molecule has 0 N–H and O–H groups in total. The van der Waals surface area contributed by atoms with Gasteiger partial charge in [0, 0.05) is 0 Å². The Balaban J connectivity index is 4.06. The number of hydrogen-bond acceptors (Lipinski definition) is 1. The molecule has 0 bridgehead atoms. The van der Waals surface area contributed by atoms with Crippen LogP contribution in [0.1, 0.15) is 13.3 Å². The standard InChI is InChI=1S/C9H12O/c1-4-5-8(2)9(3)6-7-10/h4,6-7H,1-2,5H2,3H3/b9-6+. The number of carbonyl (C=O) groups excluding carboxylic acids is 1. The molecule has 0 amide bonds. The van der Waals surface area contributed by atoms with Gasteiger partial charge in [-0.25, -0.2) is 0 Å². The zero-order valence-corrected chi connectivity index (χ0v) is 6.26. The minimum atomic E-state index is 0.746. The van der Waals surface area contributed by atoms with E-state index in [2.05, 4.69) is 13.2 Å². The summed E-state index contributed by atoms with van der Waals surface area (Å²) in [7, 11) is 0. The van der Waals surface area contributed by atoms with Gasteiger partial charge in [0.2, 0.25) is 0 Å². The molecule has 0 rings (SSSR count). The van der Waals surface area contributed by atoms with Crippen molar-refractivity contribution in [2.45, 2.75) is 13.3 Å². The van der Waals surface area contributed by atoms with Crippen LogP contribution in [0.2, 0.25) is 0 Å². The first kappa shape index (κ1) is 8.89. The zero-order valence-electron chi connectivity index (χ0n) is 6.26. The van der Waals surface area contributed by atoms with Crippen LogP contribution in [0.5, 0.6) is 0 Å². The highest BCUT2D eigenvalue weighted by Crippen LogP contribution is 2.09. The maximum absolute atomic E-state index is 9.98. The van der Waals surface area contributed by atoms with Crippen LogP contribution in [0.15, 0.2) is 36.5 Å². The molecule has 0 aliphatic heterocycles. The van der Waals surface area contributed by atoms with E-state index in [0.29, 0.717) is 0 Å². The second kappa shape index (κ2) is 4.74. The number of allylic oxidation sites excluding steroid dienone is 4. The molecule has 0 atom stereocenters. The highest BCUT2D eigenvalue weighted by atomic mass is 16.1. The highest BCUT2D eigenvalue weighted by Gasteiger charge is 1.91.